The Kier molecular flexibility index (Phi) is 1.99. The largest absolute Gasteiger partial charge is 0.374 e. The lowest BCUT2D eigenvalue weighted by atomic mass is 10.1. The highest BCUT2D eigenvalue weighted by molar-refractivity contribution is 5.80. The fraction of sp³-hybridized carbons (Fsp3) is 0.900. The molecule has 1 N–H and O–H groups in total. The van der Waals surface area contributed by atoms with Gasteiger partial charge in [0.2, 0.25) is 5.91 Å². The zero-order valence-electron chi connectivity index (χ0n) is 8.24. The van der Waals surface area contributed by atoms with Gasteiger partial charge in [0.05, 0.1) is 24.7 Å². The summed E-state index contributed by atoms with van der Waals surface area (Å²) in [6, 6.07) is 0.382. The first-order valence-electron chi connectivity index (χ1n) is 5.47. The van der Waals surface area contributed by atoms with Crippen molar-refractivity contribution in [3.8, 4) is 0 Å². The van der Waals surface area contributed by atoms with E-state index in [9.17, 15) is 4.79 Å². The molecule has 0 aliphatic carbocycles. The number of morpholine rings is 1. The standard InChI is InChI=1S/C10H16N2O2/c13-10(7-1-2-11-4-7)12-5-9-3-8(12)6-14-9/h7-9,11H,1-6H2. The molecule has 78 valence electrons. The quantitative estimate of drug-likeness (QED) is 0.620. The average Bonchev–Trinajstić information content (AvgIpc) is 2.93. The summed E-state index contributed by atoms with van der Waals surface area (Å²) in [5.74, 6) is 0.583. The Labute approximate surface area is 83.6 Å². The van der Waals surface area contributed by atoms with Crippen LogP contribution in [0.3, 0.4) is 0 Å². The van der Waals surface area contributed by atoms with Crippen molar-refractivity contribution in [3.05, 3.63) is 0 Å². The molecule has 3 saturated heterocycles. The van der Waals surface area contributed by atoms with Crippen LogP contribution in [-0.2, 0) is 9.53 Å². The van der Waals surface area contributed by atoms with Crippen LogP contribution in [0.1, 0.15) is 12.8 Å². The summed E-state index contributed by atoms with van der Waals surface area (Å²) >= 11 is 0. The van der Waals surface area contributed by atoms with E-state index in [1.54, 1.807) is 0 Å². The van der Waals surface area contributed by atoms with E-state index in [4.69, 9.17) is 4.74 Å². The highest BCUT2D eigenvalue weighted by Gasteiger charge is 2.43. The molecule has 3 heterocycles. The molecule has 0 spiro atoms. The summed E-state index contributed by atoms with van der Waals surface area (Å²) in [5.41, 5.74) is 0. The monoisotopic (exact) mass is 196 g/mol. The normalized spacial score (nSPS) is 40.9. The van der Waals surface area contributed by atoms with Crippen molar-refractivity contribution in [2.45, 2.75) is 25.0 Å². The van der Waals surface area contributed by atoms with Crippen molar-refractivity contribution in [2.24, 2.45) is 5.92 Å². The van der Waals surface area contributed by atoms with Gasteiger partial charge in [-0.05, 0) is 19.4 Å². The summed E-state index contributed by atoms with van der Waals surface area (Å²) in [6.45, 7) is 3.46. The lowest BCUT2D eigenvalue weighted by molar-refractivity contribution is -0.139. The van der Waals surface area contributed by atoms with Crippen LogP contribution in [0.5, 0.6) is 0 Å². The zero-order chi connectivity index (χ0) is 9.54. The van der Waals surface area contributed by atoms with Crippen LogP contribution in [0.4, 0.5) is 0 Å². The topological polar surface area (TPSA) is 41.6 Å². The number of rotatable bonds is 1. The molecule has 0 aromatic heterocycles. The van der Waals surface area contributed by atoms with Crippen molar-refractivity contribution in [3.63, 3.8) is 0 Å². The molecule has 4 heteroatoms. The summed E-state index contributed by atoms with van der Waals surface area (Å²) in [6.07, 6.45) is 2.40. The Morgan fingerprint density at radius 3 is 3.00 bits per heavy atom. The fourth-order valence-corrected chi connectivity index (χ4v) is 2.77. The molecule has 0 saturated carbocycles. The molecule has 2 bridgehead atoms. The number of hydrogen-bond acceptors (Lipinski definition) is 3. The van der Waals surface area contributed by atoms with Gasteiger partial charge in [-0.3, -0.25) is 4.79 Å². The van der Waals surface area contributed by atoms with Gasteiger partial charge in [0.1, 0.15) is 0 Å². The number of nitrogens with zero attached hydrogens (tertiary/aromatic N) is 1. The molecule has 3 aliphatic rings. The van der Waals surface area contributed by atoms with Gasteiger partial charge in [0.15, 0.2) is 0 Å². The van der Waals surface area contributed by atoms with Crippen LogP contribution >= 0.6 is 0 Å². The van der Waals surface area contributed by atoms with E-state index in [-0.39, 0.29) is 5.92 Å². The number of amides is 1. The van der Waals surface area contributed by atoms with E-state index >= 15 is 0 Å². The van der Waals surface area contributed by atoms with Crippen molar-refractivity contribution < 1.29 is 9.53 Å². The predicted molar refractivity (Wildman–Crippen MR) is 50.8 cm³/mol. The highest BCUT2D eigenvalue weighted by atomic mass is 16.5. The van der Waals surface area contributed by atoms with E-state index in [1.165, 1.54) is 0 Å². The molecule has 1 amide bonds. The molecule has 0 radical (unpaired) electrons. The number of likely N-dealkylation sites (tertiary alicyclic amines) is 1. The third-order valence-electron chi connectivity index (χ3n) is 3.59. The van der Waals surface area contributed by atoms with Gasteiger partial charge >= 0.3 is 0 Å². The van der Waals surface area contributed by atoms with Crippen molar-refractivity contribution >= 4 is 5.91 Å². The van der Waals surface area contributed by atoms with E-state index in [1.807, 2.05) is 4.90 Å². The van der Waals surface area contributed by atoms with Crippen molar-refractivity contribution in [2.75, 3.05) is 26.2 Å². The van der Waals surface area contributed by atoms with E-state index in [0.717, 1.165) is 39.1 Å². The summed E-state index contributed by atoms with van der Waals surface area (Å²) in [7, 11) is 0. The first kappa shape index (κ1) is 8.68. The van der Waals surface area contributed by atoms with Crippen LogP contribution in [-0.4, -0.2) is 49.2 Å². The summed E-state index contributed by atoms with van der Waals surface area (Å²) in [5, 5.41) is 3.24. The first-order chi connectivity index (χ1) is 6.84. The Balaban J connectivity index is 1.67. The zero-order valence-corrected chi connectivity index (χ0v) is 8.24. The fourth-order valence-electron chi connectivity index (χ4n) is 2.77. The molecule has 14 heavy (non-hydrogen) atoms. The van der Waals surface area contributed by atoms with Crippen LogP contribution in [0.15, 0.2) is 0 Å². The molecule has 0 aromatic rings. The smallest absolute Gasteiger partial charge is 0.227 e. The van der Waals surface area contributed by atoms with Crippen molar-refractivity contribution in [1.82, 2.24) is 10.2 Å². The maximum Gasteiger partial charge on any atom is 0.227 e. The minimum absolute atomic E-state index is 0.231. The maximum atomic E-state index is 12.1. The third-order valence-corrected chi connectivity index (χ3v) is 3.59. The molecule has 4 nitrogen and oxygen atoms in total. The van der Waals surface area contributed by atoms with Crippen LogP contribution in [0, 0.1) is 5.92 Å². The summed E-state index contributed by atoms with van der Waals surface area (Å²) in [4.78, 5) is 14.1. The van der Waals surface area contributed by atoms with Gasteiger partial charge in [-0.25, -0.2) is 0 Å². The van der Waals surface area contributed by atoms with Gasteiger partial charge in [-0.2, -0.15) is 0 Å². The molecule has 3 atom stereocenters. The number of ether oxygens (including phenoxy) is 1. The second kappa shape index (κ2) is 3.21. The number of fused-ring (bicyclic) bond motifs is 2. The molecule has 3 fully saturated rings. The minimum atomic E-state index is 0.231. The lowest BCUT2D eigenvalue weighted by Crippen LogP contribution is -2.44. The van der Waals surface area contributed by atoms with Gasteiger partial charge in [-0.15, -0.1) is 0 Å². The number of carbonyl (C=O) groups excluding carboxylic acids is 1. The van der Waals surface area contributed by atoms with Gasteiger partial charge in [-0.1, -0.05) is 0 Å². The highest BCUT2D eigenvalue weighted by Crippen LogP contribution is 2.29. The Hall–Kier alpha value is -0.610. The van der Waals surface area contributed by atoms with E-state index in [2.05, 4.69) is 5.32 Å². The number of hydrogen-bond donors (Lipinski definition) is 1. The minimum Gasteiger partial charge on any atom is -0.374 e. The summed E-state index contributed by atoms with van der Waals surface area (Å²) < 4.78 is 5.49. The maximum absolute atomic E-state index is 12.1. The van der Waals surface area contributed by atoms with E-state index in [0.29, 0.717) is 18.1 Å². The molecule has 3 unspecified atom stereocenters. The van der Waals surface area contributed by atoms with E-state index < -0.39 is 0 Å². The lowest BCUT2D eigenvalue weighted by Gasteiger charge is -2.29. The van der Waals surface area contributed by atoms with Gasteiger partial charge in [0.25, 0.3) is 0 Å². The van der Waals surface area contributed by atoms with Crippen LogP contribution in [0.2, 0.25) is 0 Å². The Morgan fingerprint density at radius 1 is 1.50 bits per heavy atom. The van der Waals surface area contributed by atoms with Gasteiger partial charge in [0, 0.05) is 13.1 Å². The second-order valence-electron chi connectivity index (χ2n) is 4.53. The van der Waals surface area contributed by atoms with Crippen molar-refractivity contribution in [1.29, 1.82) is 0 Å². The Morgan fingerprint density at radius 2 is 2.43 bits per heavy atom. The number of nitrogens with one attached hydrogen (secondary N) is 1. The SMILES string of the molecule is O=C(C1CCNC1)N1CC2CC1CO2. The van der Waals surface area contributed by atoms with Crippen LogP contribution in [0.25, 0.3) is 0 Å². The number of carbonyl (C=O) groups is 1. The third kappa shape index (κ3) is 1.25. The average molecular weight is 196 g/mol. The Bertz CT molecular complexity index is 251. The van der Waals surface area contributed by atoms with Gasteiger partial charge < -0.3 is 15.0 Å². The molecular weight excluding hydrogens is 180 g/mol. The first-order valence-corrected chi connectivity index (χ1v) is 5.47. The second-order valence-corrected chi connectivity index (χ2v) is 4.53. The predicted octanol–water partition coefficient (Wildman–Crippen LogP) is -0.404. The molecular formula is C10H16N2O2. The molecule has 3 aliphatic heterocycles. The van der Waals surface area contributed by atoms with Crippen LogP contribution < -0.4 is 5.32 Å². The molecule has 3 rings (SSSR count). The molecule has 0 aromatic carbocycles.